The highest BCUT2D eigenvalue weighted by Gasteiger charge is 2.12. The number of halogens is 1. The van der Waals surface area contributed by atoms with E-state index in [2.05, 4.69) is 5.16 Å². The Morgan fingerprint density at radius 3 is 3.14 bits per heavy atom. The van der Waals surface area contributed by atoms with Gasteiger partial charge in [0.1, 0.15) is 17.8 Å². The first-order chi connectivity index (χ1) is 6.83. The minimum absolute atomic E-state index is 0.156. The number of aromatic nitrogens is 1. The maximum absolute atomic E-state index is 13.3. The van der Waals surface area contributed by atoms with E-state index in [9.17, 15) is 4.39 Å². The van der Waals surface area contributed by atoms with Gasteiger partial charge in [-0.05, 0) is 17.3 Å². The molecule has 0 radical (unpaired) electrons. The Bertz CT molecular complexity index is 441. The van der Waals surface area contributed by atoms with Gasteiger partial charge in [0.25, 0.3) is 5.88 Å². The molecule has 0 aliphatic carbocycles. The van der Waals surface area contributed by atoms with E-state index in [1.54, 1.807) is 12.1 Å². The Morgan fingerprint density at radius 2 is 2.36 bits per heavy atom. The summed E-state index contributed by atoms with van der Waals surface area (Å²) in [5.74, 6) is -0.251. The van der Waals surface area contributed by atoms with Gasteiger partial charge in [-0.15, -0.1) is 0 Å². The number of hydrogen-bond acceptors (Lipinski definition) is 4. The highest BCUT2D eigenvalue weighted by Crippen LogP contribution is 2.26. The van der Waals surface area contributed by atoms with Gasteiger partial charge in [-0.25, -0.2) is 4.39 Å². The highest BCUT2D eigenvalue weighted by molar-refractivity contribution is 5.82. The minimum atomic E-state index is -0.407. The Hall–Kier alpha value is -1.62. The summed E-state index contributed by atoms with van der Waals surface area (Å²) in [6.07, 6.45) is 0. The number of nitrogens with zero attached hydrogens (tertiary/aromatic N) is 1. The van der Waals surface area contributed by atoms with E-state index >= 15 is 0 Å². The van der Waals surface area contributed by atoms with Crippen LogP contribution in [-0.2, 0) is 0 Å². The average molecular weight is 196 g/mol. The van der Waals surface area contributed by atoms with Gasteiger partial charge in [0.2, 0.25) is 0 Å². The lowest BCUT2D eigenvalue weighted by Crippen LogP contribution is -2.10. The number of fused-ring (bicyclic) bond motifs is 1. The molecule has 0 spiro atoms. The molecule has 0 saturated heterocycles. The van der Waals surface area contributed by atoms with E-state index in [4.69, 9.17) is 15.0 Å². The summed E-state index contributed by atoms with van der Waals surface area (Å²) >= 11 is 0. The smallest absolute Gasteiger partial charge is 0.265 e. The standard InChI is InChI=1S/C9H9FN2O2/c10-6-2-1-3-7-8(6)9(12-14-7)13-5-4-11/h1-3H,4-5,11H2. The predicted molar refractivity (Wildman–Crippen MR) is 48.5 cm³/mol. The zero-order valence-electron chi connectivity index (χ0n) is 7.37. The molecular weight excluding hydrogens is 187 g/mol. The summed E-state index contributed by atoms with van der Waals surface area (Å²) in [5.41, 5.74) is 5.62. The van der Waals surface area contributed by atoms with Gasteiger partial charge >= 0.3 is 0 Å². The van der Waals surface area contributed by atoms with Crippen molar-refractivity contribution in [3.63, 3.8) is 0 Å². The molecule has 0 aliphatic heterocycles. The molecule has 0 amide bonds. The van der Waals surface area contributed by atoms with Crippen LogP contribution in [0.3, 0.4) is 0 Å². The maximum atomic E-state index is 13.3. The van der Waals surface area contributed by atoms with E-state index < -0.39 is 5.82 Å². The molecule has 4 nitrogen and oxygen atoms in total. The van der Waals surface area contributed by atoms with Crippen LogP contribution in [0.1, 0.15) is 0 Å². The second-order valence-electron chi connectivity index (χ2n) is 2.74. The van der Waals surface area contributed by atoms with Crippen molar-refractivity contribution in [3.8, 4) is 5.88 Å². The van der Waals surface area contributed by atoms with Crippen LogP contribution < -0.4 is 10.5 Å². The summed E-state index contributed by atoms with van der Waals surface area (Å²) in [4.78, 5) is 0. The molecule has 5 heteroatoms. The third-order valence-electron chi connectivity index (χ3n) is 1.77. The van der Waals surface area contributed by atoms with Crippen LogP contribution in [0.5, 0.6) is 5.88 Å². The van der Waals surface area contributed by atoms with Crippen molar-refractivity contribution in [2.75, 3.05) is 13.2 Å². The first-order valence-corrected chi connectivity index (χ1v) is 4.19. The molecule has 2 rings (SSSR count). The number of hydrogen-bond donors (Lipinski definition) is 1. The van der Waals surface area contributed by atoms with E-state index in [1.807, 2.05) is 0 Å². The zero-order chi connectivity index (χ0) is 9.97. The third kappa shape index (κ3) is 1.42. The van der Waals surface area contributed by atoms with Crippen molar-refractivity contribution in [2.45, 2.75) is 0 Å². The molecule has 0 bridgehead atoms. The SMILES string of the molecule is NCCOc1noc2cccc(F)c12. The van der Waals surface area contributed by atoms with E-state index in [-0.39, 0.29) is 17.9 Å². The predicted octanol–water partition coefficient (Wildman–Crippen LogP) is 1.30. The van der Waals surface area contributed by atoms with Gasteiger partial charge in [0.05, 0.1) is 0 Å². The van der Waals surface area contributed by atoms with Gasteiger partial charge in [-0.2, -0.15) is 0 Å². The van der Waals surface area contributed by atoms with Gasteiger partial charge in [-0.1, -0.05) is 6.07 Å². The fourth-order valence-corrected chi connectivity index (χ4v) is 1.18. The van der Waals surface area contributed by atoms with Crippen molar-refractivity contribution in [2.24, 2.45) is 5.73 Å². The minimum Gasteiger partial charge on any atom is -0.474 e. The van der Waals surface area contributed by atoms with Crippen molar-refractivity contribution >= 4 is 11.0 Å². The van der Waals surface area contributed by atoms with Crippen molar-refractivity contribution in [1.82, 2.24) is 5.16 Å². The number of rotatable bonds is 3. The molecule has 0 saturated carbocycles. The summed E-state index contributed by atoms with van der Waals surface area (Å²) < 4.78 is 23.3. The molecular formula is C9H9FN2O2. The Morgan fingerprint density at radius 1 is 1.50 bits per heavy atom. The average Bonchev–Trinajstić information content (AvgIpc) is 2.59. The van der Waals surface area contributed by atoms with E-state index in [1.165, 1.54) is 6.07 Å². The van der Waals surface area contributed by atoms with Crippen LogP contribution in [0.2, 0.25) is 0 Å². The number of ether oxygens (including phenoxy) is 1. The molecule has 74 valence electrons. The van der Waals surface area contributed by atoms with Crippen molar-refractivity contribution in [1.29, 1.82) is 0 Å². The Balaban J connectivity index is 2.45. The second kappa shape index (κ2) is 3.63. The lowest BCUT2D eigenvalue weighted by molar-refractivity contribution is 0.292. The lowest BCUT2D eigenvalue weighted by Gasteiger charge is -1.98. The van der Waals surface area contributed by atoms with Crippen molar-refractivity contribution in [3.05, 3.63) is 24.0 Å². The molecule has 1 heterocycles. The molecule has 2 aromatic rings. The highest BCUT2D eigenvalue weighted by atomic mass is 19.1. The topological polar surface area (TPSA) is 61.3 Å². The van der Waals surface area contributed by atoms with E-state index in [0.717, 1.165) is 0 Å². The van der Waals surface area contributed by atoms with Crippen LogP contribution >= 0.6 is 0 Å². The van der Waals surface area contributed by atoms with Crippen LogP contribution in [0, 0.1) is 5.82 Å². The quantitative estimate of drug-likeness (QED) is 0.803. The molecule has 2 N–H and O–H groups in total. The van der Waals surface area contributed by atoms with Gasteiger partial charge in [0, 0.05) is 6.54 Å². The fourth-order valence-electron chi connectivity index (χ4n) is 1.18. The van der Waals surface area contributed by atoms with Gasteiger partial charge < -0.3 is 15.0 Å². The second-order valence-corrected chi connectivity index (χ2v) is 2.74. The molecule has 0 fully saturated rings. The lowest BCUT2D eigenvalue weighted by atomic mass is 10.2. The largest absolute Gasteiger partial charge is 0.474 e. The first kappa shape index (κ1) is 8.96. The normalized spacial score (nSPS) is 10.7. The summed E-state index contributed by atoms with van der Waals surface area (Å²) in [5, 5.41) is 3.87. The number of nitrogens with two attached hydrogens (primary N) is 1. The van der Waals surface area contributed by atoms with Crippen LogP contribution in [-0.4, -0.2) is 18.3 Å². The molecule has 0 atom stereocenters. The molecule has 0 aliphatic rings. The summed E-state index contributed by atoms with van der Waals surface area (Å²) in [7, 11) is 0. The molecule has 0 unspecified atom stereocenters. The first-order valence-electron chi connectivity index (χ1n) is 4.19. The number of benzene rings is 1. The molecule has 14 heavy (non-hydrogen) atoms. The van der Waals surface area contributed by atoms with E-state index in [0.29, 0.717) is 12.1 Å². The van der Waals surface area contributed by atoms with Crippen LogP contribution in [0.15, 0.2) is 22.7 Å². The summed E-state index contributed by atoms with van der Waals surface area (Å²) in [6.45, 7) is 0.638. The third-order valence-corrected chi connectivity index (χ3v) is 1.77. The fraction of sp³-hybridized carbons (Fsp3) is 0.222. The maximum Gasteiger partial charge on any atom is 0.265 e. The molecule has 1 aromatic heterocycles. The molecule has 1 aromatic carbocycles. The Kier molecular flexibility index (Phi) is 2.32. The summed E-state index contributed by atoms with van der Waals surface area (Å²) in [6, 6.07) is 4.51. The van der Waals surface area contributed by atoms with Gasteiger partial charge in [0.15, 0.2) is 5.58 Å². The zero-order valence-corrected chi connectivity index (χ0v) is 7.37. The van der Waals surface area contributed by atoms with Gasteiger partial charge in [-0.3, -0.25) is 0 Å². The van der Waals surface area contributed by atoms with Crippen LogP contribution in [0.4, 0.5) is 4.39 Å². The van der Waals surface area contributed by atoms with Crippen molar-refractivity contribution < 1.29 is 13.7 Å². The Labute approximate surface area is 79.4 Å². The van der Waals surface area contributed by atoms with Crippen LogP contribution in [0.25, 0.3) is 11.0 Å². The monoisotopic (exact) mass is 196 g/mol.